The number of anilines is 1. The highest BCUT2D eigenvalue weighted by Gasteiger charge is 2.41. The summed E-state index contributed by atoms with van der Waals surface area (Å²) in [5.41, 5.74) is 5.86. The Morgan fingerprint density at radius 2 is 2.21 bits per heavy atom. The molecule has 2 aromatic heterocycles. The summed E-state index contributed by atoms with van der Waals surface area (Å²) in [6.07, 6.45) is 4.15. The highest BCUT2D eigenvalue weighted by Crippen LogP contribution is 2.41. The van der Waals surface area contributed by atoms with Gasteiger partial charge in [0.15, 0.2) is 5.13 Å². The molecule has 3 rings (SSSR count). The lowest BCUT2D eigenvalue weighted by atomic mass is 10.0. The van der Waals surface area contributed by atoms with Gasteiger partial charge < -0.3 is 15.0 Å². The average Bonchev–Trinajstić information content (AvgIpc) is 3.07. The molecule has 0 aliphatic heterocycles. The largest absolute Gasteiger partial charge is 0.375 e. The normalized spacial score (nSPS) is 17.9. The number of hydrogen-bond donors (Lipinski definition) is 1. The van der Waals surface area contributed by atoms with Gasteiger partial charge >= 0.3 is 0 Å². The van der Waals surface area contributed by atoms with Gasteiger partial charge in [-0.2, -0.15) is 4.98 Å². The summed E-state index contributed by atoms with van der Waals surface area (Å²) < 4.78 is 11.2. The standard InChI is InChI=1S/C12H16N4O2S/c1-2-17-12(5-3-4-6-12)10-15-9(18-16-10)8-7-19-11(13)14-8/h7H,2-6H2,1H3,(H2,13,14). The van der Waals surface area contributed by atoms with E-state index in [4.69, 9.17) is 15.0 Å². The van der Waals surface area contributed by atoms with Gasteiger partial charge in [-0.25, -0.2) is 4.98 Å². The lowest BCUT2D eigenvalue weighted by Gasteiger charge is -2.24. The van der Waals surface area contributed by atoms with Crippen molar-refractivity contribution in [2.45, 2.75) is 38.2 Å². The zero-order valence-corrected chi connectivity index (χ0v) is 11.6. The number of hydrogen-bond acceptors (Lipinski definition) is 7. The van der Waals surface area contributed by atoms with Crippen LogP contribution in [0.2, 0.25) is 0 Å². The zero-order chi connectivity index (χ0) is 13.3. The number of nitrogens with zero attached hydrogens (tertiary/aromatic N) is 3. The summed E-state index contributed by atoms with van der Waals surface area (Å²) in [4.78, 5) is 8.60. The molecule has 0 spiro atoms. The van der Waals surface area contributed by atoms with E-state index in [2.05, 4.69) is 15.1 Å². The molecule has 7 heteroatoms. The summed E-state index contributed by atoms with van der Waals surface area (Å²) in [5, 5.41) is 6.40. The van der Waals surface area contributed by atoms with Crippen molar-refractivity contribution < 1.29 is 9.26 Å². The van der Waals surface area contributed by atoms with E-state index < -0.39 is 0 Å². The van der Waals surface area contributed by atoms with Crippen molar-refractivity contribution in [2.24, 2.45) is 0 Å². The molecule has 1 aliphatic carbocycles. The van der Waals surface area contributed by atoms with Crippen LogP contribution in [-0.4, -0.2) is 21.7 Å². The Bertz CT molecular complexity index is 560. The number of thiazole rings is 1. The van der Waals surface area contributed by atoms with E-state index in [9.17, 15) is 0 Å². The molecule has 2 aromatic rings. The average molecular weight is 280 g/mol. The zero-order valence-electron chi connectivity index (χ0n) is 10.8. The van der Waals surface area contributed by atoms with Gasteiger partial charge in [0.2, 0.25) is 5.82 Å². The highest BCUT2D eigenvalue weighted by molar-refractivity contribution is 7.13. The first-order valence-electron chi connectivity index (χ1n) is 6.43. The number of ether oxygens (including phenoxy) is 1. The Hall–Kier alpha value is -1.47. The van der Waals surface area contributed by atoms with E-state index in [0.29, 0.717) is 29.1 Å². The fourth-order valence-electron chi connectivity index (χ4n) is 2.55. The second kappa shape index (κ2) is 4.90. The minimum absolute atomic E-state index is 0.377. The van der Waals surface area contributed by atoms with Crippen molar-refractivity contribution in [2.75, 3.05) is 12.3 Å². The van der Waals surface area contributed by atoms with Crippen LogP contribution in [0, 0.1) is 0 Å². The van der Waals surface area contributed by atoms with Crippen LogP contribution >= 0.6 is 11.3 Å². The quantitative estimate of drug-likeness (QED) is 0.926. The van der Waals surface area contributed by atoms with Crippen LogP contribution in [0.5, 0.6) is 0 Å². The van der Waals surface area contributed by atoms with Crippen LogP contribution in [0.15, 0.2) is 9.90 Å². The molecule has 102 valence electrons. The molecule has 0 unspecified atom stereocenters. The summed E-state index contributed by atoms with van der Waals surface area (Å²) in [5.74, 6) is 1.04. The van der Waals surface area contributed by atoms with Crippen LogP contribution in [0.1, 0.15) is 38.4 Å². The molecular formula is C12H16N4O2S. The van der Waals surface area contributed by atoms with E-state index in [0.717, 1.165) is 25.7 Å². The smallest absolute Gasteiger partial charge is 0.277 e. The van der Waals surface area contributed by atoms with Gasteiger partial charge in [0, 0.05) is 12.0 Å². The number of rotatable bonds is 4. The molecule has 0 atom stereocenters. The van der Waals surface area contributed by atoms with E-state index in [1.165, 1.54) is 11.3 Å². The van der Waals surface area contributed by atoms with E-state index in [1.54, 1.807) is 0 Å². The Morgan fingerprint density at radius 3 is 2.84 bits per heavy atom. The molecule has 1 saturated carbocycles. The minimum atomic E-state index is -0.377. The predicted octanol–water partition coefficient (Wildman–Crippen LogP) is 2.58. The summed E-state index contributed by atoms with van der Waals surface area (Å²) in [6, 6.07) is 0. The van der Waals surface area contributed by atoms with Crippen LogP contribution in [0.4, 0.5) is 5.13 Å². The fraction of sp³-hybridized carbons (Fsp3) is 0.583. The van der Waals surface area contributed by atoms with Gasteiger partial charge in [0.05, 0.1) is 0 Å². The lowest BCUT2D eigenvalue weighted by molar-refractivity contribution is -0.0469. The molecule has 0 amide bonds. The van der Waals surface area contributed by atoms with E-state index >= 15 is 0 Å². The SMILES string of the molecule is CCOC1(c2noc(-c3csc(N)n3)n2)CCCC1. The first-order chi connectivity index (χ1) is 9.23. The molecule has 2 N–H and O–H groups in total. The van der Waals surface area contributed by atoms with Gasteiger partial charge in [-0.05, 0) is 32.6 Å². The Labute approximate surface area is 115 Å². The van der Waals surface area contributed by atoms with Crippen molar-refractivity contribution in [1.29, 1.82) is 0 Å². The van der Waals surface area contributed by atoms with Crippen molar-refractivity contribution >= 4 is 16.5 Å². The molecule has 0 aromatic carbocycles. The Balaban J connectivity index is 1.91. The summed E-state index contributed by atoms with van der Waals surface area (Å²) in [7, 11) is 0. The molecule has 1 aliphatic rings. The molecular weight excluding hydrogens is 264 g/mol. The summed E-state index contributed by atoms with van der Waals surface area (Å²) >= 11 is 1.36. The summed E-state index contributed by atoms with van der Waals surface area (Å²) in [6.45, 7) is 2.63. The third-order valence-corrected chi connectivity index (χ3v) is 4.08. The molecule has 0 radical (unpaired) electrons. The number of nitrogens with two attached hydrogens (primary N) is 1. The van der Waals surface area contributed by atoms with Gasteiger partial charge in [0.1, 0.15) is 11.3 Å². The molecule has 19 heavy (non-hydrogen) atoms. The van der Waals surface area contributed by atoms with Gasteiger partial charge in [-0.1, -0.05) is 5.16 Å². The van der Waals surface area contributed by atoms with Crippen LogP contribution in [0.25, 0.3) is 11.6 Å². The number of nitrogen functional groups attached to an aromatic ring is 1. The Kier molecular flexibility index (Phi) is 3.24. The lowest BCUT2D eigenvalue weighted by Crippen LogP contribution is -2.27. The maximum absolute atomic E-state index is 5.90. The highest BCUT2D eigenvalue weighted by atomic mass is 32.1. The van der Waals surface area contributed by atoms with Crippen molar-refractivity contribution in [3.05, 3.63) is 11.2 Å². The predicted molar refractivity (Wildman–Crippen MR) is 71.6 cm³/mol. The van der Waals surface area contributed by atoms with Crippen LogP contribution < -0.4 is 5.73 Å². The van der Waals surface area contributed by atoms with E-state index in [-0.39, 0.29) is 5.60 Å². The van der Waals surface area contributed by atoms with Gasteiger partial charge in [-0.3, -0.25) is 0 Å². The topological polar surface area (TPSA) is 87.1 Å². The first-order valence-corrected chi connectivity index (χ1v) is 7.31. The third-order valence-electron chi connectivity index (χ3n) is 3.41. The minimum Gasteiger partial charge on any atom is -0.375 e. The molecule has 0 saturated heterocycles. The van der Waals surface area contributed by atoms with Crippen molar-refractivity contribution in [3.8, 4) is 11.6 Å². The molecule has 0 bridgehead atoms. The maximum atomic E-state index is 5.90. The first kappa shape index (κ1) is 12.6. The monoisotopic (exact) mass is 280 g/mol. The van der Waals surface area contributed by atoms with Crippen molar-refractivity contribution in [3.63, 3.8) is 0 Å². The third kappa shape index (κ3) is 2.23. The number of aromatic nitrogens is 3. The van der Waals surface area contributed by atoms with Crippen molar-refractivity contribution in [1.82, 2.24) is 15.1 Å². The molecule has 2 heterocycles. The molecule has 6 nitrogen and oxygen atoms in total. The fourth-order valence-corrected chi connectivity index (χ4v) is 3.09. The Morgan fingerprint density at radius 1 is 1.42 bits per heavy atom. The second-order valence-corrected chi connectivity index (χ2v) is 5.52. The molecule has 1 fully saturated rings. The van der Waals surface area contributed by atoms with Gasteiger partial charge in [0.25, 0.3) is 5.89 Å². The van der Waals surface area contributed by atoms with Crippen LogP contribution in [0.3, 0.4) is 0 Å². The van der Waals surface area contributed by atoms with E-state index in [1.807, 2.05) is 12.3 Å². The van der Waals surface area contributed by atoms with Crippen LogP contribution in [-0.2, 0) is 10.3 Å². The maximum Gasteiger partial charge on any atom is 0.277 e. The second-order valence-electron chi connectivity index (χ2n) is 4.63. The van der Waals surface area contributed by atoms with Gasteiger partial charge in [-0.15, -0.1) is 11.3 Å².